The molecule has 2 aromatic heterocycles. The lowest BCUT2D eigenvalue weighted by Gasteiger charge is -2.13. The van der Waals surface area contributed by atoms with Gasteiger partial charge in [-0.05, 0) is 74.6 Å². The molecule has 1 aliphatic rings. The van der Waals surface area contributed by atoms with Gasteiger partial charge in [0, 0.05) is 21.4 Å². The highest BCUT2D eigenvalue weighted by molar-refractivity contribution is 7.17. The zero-order chi connectivity index (χ0) is 33.2. The fraction of sp³-hybridized carbons (Fsp3) is 0.189. The number of nitrogens with one attached hydrogen (secondary N) is 1. The quantitative estimate of drug-likeness (QED) is 0.166. The van der Waals surface area contributed by atoms with Crippen LogP contribution in [-0.4, -0.2) is 36.0 Å². The van der Waals surface area contributed by atoms with Crippen LogP contribution in [0.2, 0.25) is 5.02 Å². The van der Waals surface area contributed by atoms with Crippen LogP contribution in [0.3, 0.4) is 0 Å². The van der Waals surface area contributed by atoms with E-state index in [1.807, 2.05) is 44.2 Å². The Balaban J connectivity index is 1.28. The van der Waals surface area contributed by atoms with Gasteiger partial charge >= 0.3 is 11.9 Å². The van der Waals surface area contributed by atoms with Crippen molar-refractivity contribution in [1.82, 2.24) is 4.98 Å². The second kappa shape index (κ2) is 13.5. The summed E-state index contributed by atoms with van der Waals surface area (Å²) in [5.74, 6) is -2.30. The van der Waals surface area contributed by atoms with Gasteiger partial charge in [-0.1, -0.05) is 65.7 Å². The number of ether oxygens (including phenoxy) is 2. The van der Waals surface area contributed by atoms with Gasteiger partial charge in [-0.15, -0.1) is 11.3 Å². The van der Waals surface area contributed by atoms with Gasteiger partial charge in [0.05, 0.1) is 28.4 Å². The van der Waals surface area contributed by atoms with Gasteiger partial charge in [0.1, 0.15) is 16.4 Å². The molecule has 0 radical (unpaired) electrons. The Morgan fingerprint density at radius 1 is 0.957 bits per heavy atom. The Labute approximate surface area is 280 Å². The number of thiophene rings is 1. The molecule has 47 heavy (non-hydrogen) atoms. The third kappa shape index (κ3) is 6.41. The lowest BCUT2D eigenvalue weighted by atomic mass is 10.0. The van der Waals surface area contributed by atoms with Crippen LogP contribution < -0.4 is 5.32 Å². The van der Waals surface area contributed by atoms with E-state index in [0.29, 0.717) is 51.1 Å². The zero-order valence-corrected chi connectivity index (χ0v) is 27.5. The molecule has 1 N–H and O–H groups in total. The highest BCUT2D eigenvalue weighted by Crippen LogP contribution is 2.41. The highest BCUT2D eigenvalue weighted by atomic mass is 35.5. The molecule has 0 fully saturated rings. The van der Waals surface area contributed by atoms with Crippen LogP contribution >= 0.6 is 22.9 Å². The molecule has 2 heterocycles. The molecule has 3 aromatic carbocycles. The molecule has 5 aromatic rings. The third-order valence-corrected chi connectivity index (χ3v) is 9.31. The summed E-state index contributed by atoms with van der Waals surface area (Å²) in [6.07, 6.45) is 2.66. The van der Waals surface area contributed by atoms with Crippen molar-refractivity contribution in [2.45, 2.75) is 33.6 Å². The van der Waals surface area contributed by atoms with Gasteiger partial charge in [-0.3, -0.25) is 4.79 Å². The first kappa shape index (κ1) is 32.1. The van der Waals surface area contributed by atoms with Crippen molar-refractivity contribution in [3.8, 4) is 11.1 Å². The Kier molecular flexibility index (Phi) is 9.20. The summed E-state index contributed by atoms with van der Waals surface area (Å²) >= 11 is 7.54. The van der Waals surface area contributed by atoms with E-state index in [1.54, 1.807) is 43.3 Å². The normalized spacial score (nSPS) is 13.1. The maximum Gasteiger partial charge on any atom is 0.341 e. The second-order valence-corrected chi connectivity index (χ2v) is 12.7. The number of benzene rings is 3. The van der Waals surface area contributed by atoms with E-state index in [2.05, 4.69) is 5.32 Å². The summed E-state index contributed by atoms with van der Waals surface area (Å²) in [5, 5.41) is 3.94. The van der Waals surface area contributed by atoms with Crippen LogP contribution in [0.1, 0.15) is 61.3 Å². The summed E-state index contributed by atoms with van der Waals surface area (Å²) in [4.78, 5) is 45.6. The number of halogens is 2. The molecular formula is C37H30ClFN2O5S. The number of aryl methyl sites for hydroxylation is 2. The van der Waals surface area contributed by atoms with E-state index in [1.165, 1.54) is 17.4 Å². The van der Waals surface area contributed by atoms with Crippen molar-refractivity contribution in [2.24, 2.45) is 0 Å². The highest BCUT2D eigenvalue weighted by Gasteiger charge is 2.29. The van der Waals surface area contributed by atoms with E-state index in [0.717, 1.165) is 21.6 Å². The summed E-state index contributed by atoms with van der Waals surface area (Å²) in [5.41, 5.74) is 5.93. The smallest absolute Gasteiger partial charge is 0.341 e. The van der Waals surface area contributed by atoms with Crippen LogP contribution in [-0.2, 0) is 20.7 Å². The van der Waals surface area contributed by atoms with Crippen LogP contribution in [0, 0.1) is 19.7 Å². The number of hydrogen-bond donors (Lipinski definition) is 1. The molecule has 0 atom stereocenters. The monoisotopic (exact) mass is 668 g/mol. The van der Waals surface area contributed by atoms with Gasteiger partial charge in [-0.2, -0.15) is 0 Å². The molecule has 10 heteroatoms. The minimum atomic E-state index is -0.687. The lowest BCUT2D eigenvalue weighted by Crippen LogP contribution is -2.22. The number of anilines is 1. The minimum Gasteiger partial charge on any atom is -0.462 e. The number of para-hydroxylation sites is 1. The van der Waals surface area contributed by atoms with E-state index in [9.17, 15) is 18.8 Å². The average Bonchev–Trinajstić information content (AvgIpc) is 3.60. The Bertz CT molecular complexity index is 2070. The topological polar surface area (TPSA) is 94.6 Å². The first-order valence-corrected chi connectivity index (χ1v) is 16.3. The number of allylic oxidation sites excluding steroid dienone is 1. The number of aromatic nitrogens is 1. The van der Waals surface area contributed by atoms with Crippen molar-refractivity contribution in [3.05, 3.63) is 116 Å². The molecule has 0 spiro atoms. The van der Waals surface area contributed by atoms with Gasteiger partial charge in [0.25, 0.3) is 5.91 Å². The Morgan fingerprint density at radius 2 is 1.70 bits per heavy atom. The standard InChI is InChI=1S/C37H30ClFN2O5S/c1-4-45-37(44)33-31(22-14-12-20(2)13-15-22)21(3)47-35(33)41-30(42)19-46-36(43)32-24-8-5-6-11-29(24)40-34-23(16-17-25(32)34)18-26-27(38)9-7-10-28(26)39/h5-15,18H,4,16-17,19H2,1-3H3,(H,41,42). The SMILES string of the molecule is CCOC(=O)c1c(NC(=O)COC(=O)c2c3c(nc4ccccc24)C(=Cc2c(F)cccc2Cl)CC3)sc(C)c1-c1ccc(C)cc1. The summed E-state index contributed by atoms with van der Waals surface area (Å²) in [7, 11) is 0. The van der Waals surface area contributed by atoms with Gasteiger partial charge in [-0.25, -0.2) is 19.0 Å². The van der Waals surface area contributed by atoms with E-state index in [4.69, 9.17) is 26.1 Å². The number of pyridine rings is 1. The minimum absolute atomic E-state index is 0.167. The molecule has 1 amide bonds. The molecule has 0 unspecified atom stereocenters. The number of fused-ring (bicyclic) bond motifs is 2. The number of amides is 1. The number of carbonyl (C=O) groups excluding carboxylic acids is 3. The van der Waals surface area contributed by atoms with Gasteiger partial charge in [0.15, 0.2) is 6.61 Å². The fourth-order valence-electron chi connectivity index (χ4n) is 5.80. The van der Waals surface area contributed by atoms with Crippen LogP contribution in [0.4, 0.5) is 9.39 Å². The summed E-state index contributed by atoms with van der Waals surface area (Å²) in [6, 6.07) is 19.4. The van der Waals surface area contributed by atoms with E-state index >= 15 is 0 Å². The predicted molar refractivity (Wildman–Crippen MR) is 183 cm³/mol. The zero-order valence-electron chi connectivity index (χ0n) is 25.9. The van der Waals surface area contributed by atoms with Crippen molar-refractivity contribution >= 4 is 68.3 Å². The third-order valence-electron chi connectivity index (χ3n) is 7.96. The predicted octanol–water partition coefficient (Wildman–Crippen LogP) is 8.83. The molecule has 0 aliphatic heterocycles. The maximum absolute atomic E-state index is 14.6. The maximum atomic E-state index is 14.6. The van der Waals surface area contributed by atoms with Crippen molar-refractivity contribution in [2.75, 3.05) is 18.5 Å². The Morgan fingerprint density at radius 3 is 2.45 bits per heavy atom. The van der Waals surface area contributed by atoms with Gasteiger partial charge < -0.3 is 14.8 Å². The molecule has 0 saturated carbocycles. The number of esters is 2. The van der Waals surface area contributed by atoms with Crippen LogP contribution in [0.5, 0.6) is 0 Å². The summed E-state index contributed by atoms with van der Waals surface area (Å²) < 4.78 is 25.5. The Hall–Kier alpha value is -4.86. The molecule has 0 saturated heterocycles. The van der Waals surface area contributed by atoms with Gasteiger partial charge in [0.2, 0.25) is 0 Å². The summed E-state index contributed by atoms with van der Waals surface area (Å²) in [6.45, 7) is 5.14. The number of nitrogens with zero attached hydrogens (tertiary/aromatic N) is 1. The average molecular weight is 669 g/mol. The lowest BCUT2D eigenvalue weighted by molar-refractivity contribution is -0.119. The molecule has 7 nitrogen and oxygen atoms in total. The number of hydrogen-bond acceptors (Lipinski definition) is 7. The molecule has 0 bridgehead atoms. The van der Waals surface area contributed by atoms with Crippen molar-refractivity contribution in [1.29, 1.82) is 0 Å². The molecule has 238 valence electrons. The van der Waals surface area contributed by atoms with E-state index < -0.39 is 30.3 Å². The van der Waals surface area contributed by atoms with Crippen LogP contribution in [0.25, 0.3) is 33.7 Å². The van der Waals surface area contributed by atoms with Crippen molar-refractivity contribution in [3.63, 3.8) is 0 Å². The molecule has 1 aliphatic carbocycles. The van der Waals surface area contributed by atoms with E-state index in [-0.39, 0.29) is 22.8 Å². The van der Waals surface area contributed by atoms with Crippen LogP contribution in [0.15, 0.2) is 66.7 Å². The second-order valence-electron chi connectivity index (χ2n) is 11.1. The van der Waals surface area contributed by atoms with Crippen molar-refractivity contribution < 1.29 is 28.2 Å². The number of rotatable bonds is 8. The first-order valence-electron chi connectivity index (χ1n) is 15.1. The largest absolute Gasteiger partial charge is 0.462 e. The molecular weight excluding hydrogens is 639 g/mol. The molecule has 6 rings (SSSR count). The number of carbonyl (C=O) groups is 3. The first-order chi connectivity index (χ1) is 22.7. The fourth-order valence-corrected chi connectivity index (χ4v) is 7.10.